The molecule has 0 aliphatic heterocycles. The summed E-state index contributed by atoms with van der Waals surface area (Å²) in [5, 5.41) is 2.17. The van der Waals surface area contributed by atoms with E-state index in [1.165, 1.54) is 0 Å². The Balaban J connectivity index is 4.62. The Morgan fingerprint density at radius 1 is 1.25 bits per heavy atom. The zero-order chi connectivity index (χ0) is 9.94. The van der Waals surface area contributed by atoms with E-state index in [9.17, 15) is 0 Å². The molecule has 3 nitrogen and oxygen atoms in total. The minimum absolute atomic E-state index is 1.05. The predicted molar refractivity (Wildman–Crippen MR) is 61.0 cm³/mol. The SMILES string of the molecule is C=C[Si](C)(N(C)C)N([SiH3])N(C)C. The molecule has 1 atom stereocenters. The normalized spacial score (nSPS) is 17.3. The van der Waals surface area contributed by atoms with Crippen molar-refractivity contribution in [3.05, 3.63) is 12.3 Å². The van der Waals surface area contributed by atoms with Crippen LogP contribution >= 0.6 is 0 Å². The van der Waals surface area contributed by atoms with Crippen molar-refractivity contribution in [2.45, 2.75) is 6.55 Å². The summed E-state index contributed by atoms with van der Waals surface area (Å²) >= 11 is 0. The highest BCUT2D eigenvalue weighted by Gasteiger charge is 2.32. The van der Waals surface area contributed by atoms with E-state index in [4.69, 9.17) is 0 Å². The number of hydrazine groups is 1. The van der Waals surface area contributed by atoms with Crippen LogP contribution < -0.4 is 0 Å². The van der Waals surface area contributed by atoms with Crippen molar-refractivity contribution in [2.75, 3.05) is 28.2 Å². The quantitative estimate of drug-likeness (QED) is 0.446. The van der Waals surface area contributed by atoms with Gasteiger partial charge in [-0.3, -0.25) is 9.35 Å². The van der Waals surface area contributed by atoms with Crippen LogP contribution in [-0.4, -0.2) is 60.9 Å². The molecule has 0 amide bonds. The fourth-order valence-corrected chi connectivity index (χ4v) is 4.77. The van der Waals surface area contributed by atoms with Crippen molar-refractivity contribution >= 4 is 18.8 Å². The lowest BCUT2D eigenvalue weighted by Crippen LogP contribution is -2.63. The largest absolute Gasteiger partial charge is 0.314 e. The molecule has 72 valence electrons. The Bertz CT molecular complexity index is 161. The van der Waals surface area contributed by atoms with E-state index >= 15 is 0 Å². The maximum atomic E-state index is 3.93. The standard InChI is InChI=1S/C7H21N3Si2/c1-7-12(6,9(4)5)10(11)8(2)3/h7H,1H2,2-6,11H3. The summed E-state index contributed by atoms with van der Waals surface area (Å²) < 4.78 is 4.70. The molecule has 0 aromatic carbocycles. The lowest BCUT2D eigenvalue weighted by atomic mass is 11.2. The topological polar surface area (TPSA) is 9.72 Å². The van der Waals surface area contributed by atoms with Crippen LogP contribution in [0.1, 0.15) is 0 Å². The van der Waals surface area contributed by atoms with E-state index in [0.29, 0.717) is 0 Å². The van der Waals surface area contributed by atoms with Crippen molar-refractivity contribution in [1.82, 2.24) is 13.9 Å². The summed E-state index contributed by atoms with van der Waals surface area (Å²) in [6.45, 7) is 6.23. The fraction of sp³-hybridized carbons (Fsp3) is 0.714. The van der Waals surface area contributed by atoms with Gasteiger partial charge in [-0.25, -0.2) is 0 Å². The molecule has 0 bridgehead atoms. The molecular weight excluding hydrogens is 182 g/mol. The highest BCUT2D eigenvalue weighted by atomic mass is 28.4. The highest BCUT2D eigenvalue weighted by molar-refractivity contribution is 6.81. The minimum Gasteiger partial charge on any atom is -0.314 e. The molecule has 0 heterocycles. The Kier molecular flexibility index (Phi) is 4.35. The maximum Gasteiger partial charge on any atom is 0.234 e. The van der Waals surface area contributed by atoms with Gasteiger partial charge in [0.15, 0.2) is 0 Å². The Labute approximate surface area is 80.3 Å². The molecule has 0 aromatic heterocycles. The highest BCUT2D eigenvalue weighted by Crippen LogP contribution is 2.11. The van der Waals surface area contributed by atoms with Gasteiger partial charge in [-0.05, 0) is 20.6 Å². The van der Waals surface area contributed by atoms with Gasteiger partial charge < -0.3 is 4.57 Å². The van der Waals surface area contributed by atoms with Crippen LogP contribution in [0.25, 0.3) is 0 Å². The second-order valence-corrected chi connectivity index (χ2v) is 9.44. The van der Waals surface area contributed by atoms with Gasteiger partial charge in [0.1, 0.15) is 0 Å². The van der Waals surface area contributed by atoms with E-state index in [2.05, 4.69) is 60.9 Å². The monoisotopic (exact) mass is 203 g/mol. The average molecular weight is 203 g/mol. The van der Waals surface area contributed by atoms with Crippen LogP contribution in [0.3, 0.4) is 0 Å². The van der Waals surface area contributed by atoms with Crippen molar-refractivity contribution in [1.29, 1.82) is 0 Å². The summed E-state index contributed by atoms with van der Waals surface area (Å²) in [6, 6.07) is 0. The second-order valence-electron chi connectivity index (χ2n) is 3.56. The lowest BCUT2D eigenvalue weighted by molar-refractivity contribution is 0.207. The van der Waals surface area contributed by atoms with E-state index in [0.717, 1.165) is 10.4 Å². The molecule has 0 fully saturated rings. The molecule has 12 heavy (non-hydrogen) atoms. The van der Waals surface area contributed by atoms with Gasteiger partial charge in [0, 0.05) is 14.1 Å². The Hall–Kier alpha value is 0.0538. The third kappa shape index (κ3) is 2.27. The molecule has 0 aromatic rings. The molecule has 1 unspecified atom stereocenters. The van der Waals surface area contributed by atoms with Gasteiger partial charge in [-0.2, -0.15) is 0 Å². The minimum atomic E-state index is -1.55. The molecule has 0 aliphatic rings. The van der Waals surface area contributed by atoms with E-state index in [-0.39, 0.29) is 0 Å². The first-order chi connectivity index (χ1) is 5.36. The van der Waals surface area contributed by atoms with E-state index < -0.39 is 8.40 Å². The molecule has 0 spiro atoms. The van der Waals surface area contributed by atoms with Crippen molar-refractivity contribution in [3.8, 4) is 0 Å². The molecule has 0 N–H and O–H groups in total. The second kappa shape index (κ2) is 4.34. The number of nitrogens with zero attached hydrogens (tertiary/aromatic N) is 3. The average Bonchev–Trinajstić information content (AvgIpc) is 2.01. The lowest BCUT2D eigenvalue weighted by Gasteiger charge is -2.42. The predicted octanol–water partition coefficient (Wildman–Crippen LogP) is -0.596. The Morgan fingerprint density at radius 2 is 1.67 bits per heavy atom. The molecule has 5 heteroatoms. The molecule has 0 saturated carbocycles. The molecular formula is C7H21N3Si2. The fourth-order valence-electron chi connectivity index (χ4n) is 1.01. The van der Waals surface area contributed by atoms with Crippen LogP contribution in [0.5, 0.6) is 0 Å². The maximum absolute atomic E-state index is 3.93. The molecule has 0 rings (SSSR count). The number of hydrogen-bond acceptors (Lipinski definition) is 3. The molecule has 0 aliphatic carbocycles. The van der Waals surface area contributed by atoms with Crippen LogP contribution in [0.4, 0.5) is 0 Å². The van der Waals surface area contributed by atoms with Crippen molar-refractivity contribution in [2.24, 2.45) is 0 Å². The third-order valence-electron chi connectivity index (χ3n) is 2.55. The third-order valence-corrected chi connectivity index (χ3v) is 10.4. The first-order valence-electron chi connectivity index (χ1n) is 4.08. The van der Waals surface area contributed by atoms with Gasteiger partial charge in [0.05, 0.1) is 10.4 Å². The van der Waals surface area contributed by atoms with E-state index in [1.807, 2.05) is 0 Å². The Morgan fingerprint density at radius 3 is 1.75 bits per heavy atom. The zero-order valence-electron chi connectivity index (χ0n) is 9.13. The summed E-state index contributed by atoms with van der Waals surface area (Å²) in [4.78, 5) is 0. The van der Waals surface area contributed by atoms with Crippen LogP contribution in [0.15, 0.2) is 12.3 Å². The van der Waals surface area contributed by atoms with Gasteiger partial charge in [-0.1, -0.05) is 5.70 Å². The molecule has 0 radical (unpaired) electrons. The van der Waals surface area contributed by atoms with Gasteiger partial charge >= 0.3 is 0 Å². The summed E-state index contributed by atoms with van der Waals surface area (Å²) in [7, 11) is 7.93. The van der Waals surface area contributed by atoms with Crippen LogP contribution in [-0.2, 0) is 0 Å². The first kappa shape index (κ1) is 12.1. The smallest absolute Gasteiger partial charge is 0.234 e. The van der Waals surface area contributed by atoms with Crippen molar-refractivity contribution < 1.29 is 0 Å². The van der Waals surface area contributed by atoms with Gasteiger partial charge in [-0.15, -0.1) is 6.58 Å². The van der Waals surface area contributed by atoms with E-state index in [1.54, 1.807) is 0 Å². The molecule has 0 saturated heterocycles. The first-order valence-corrected chi connectivity index (χ1v) is 7.45. The summed E-state index contributed by atoms with van der Waals surface area (Å²) in [6.07, 6.45) is 0. The van der Waals surface area contributed by atoms with Crippen molar-refractivity contribution in [3.63, 3.8) is 0 Å². The number of hydrogen-bond donors (Lipinski definition) is 0. The zero-order valence-corrected chi connectivity index (χ0v) is 12.1. The van der Waals surface area contributed by atoms with Gasteiger partial charge in [0.2, 0.25) is 8.40 Å². The van der Waals surface area contributed by atoms with Gasteiger partial charge in [0.25, 0.3) is 0 Å². The summed E-state index contributed by atoms with van der Waals surface area (Å²) in [5.74, 6) is 0. The summed E-state index contributed by atoms with van der Waals surface area (Å²) in [5.41, 5.74) is 2.11. The van der Waals surface area contributed by atoms with Crippen LogP contribution in [0, 0.1) is 0 Å². The van der Waals surface area contributed by atoms with Crippen LogP contribution in [0.2, 0.25) is 6.55 Å². The number of rotatable bonds is 4.